The normalized spacial score (nSPS) is 12.0. The summed E-state index contributed by atoms with van der Waals surface area (Å²) in [5, 5.41) is 0.951. The Morgan fingerprint density at radius 3 is 2.35 bits per heavy atom. The van der Waals surface area contributed by atoms with Gasteiger partial charge in [-0.2, -0.15) is 0 Å². The summed E-state index contributed by atoms with van der Waals surface area (Å²) in [6.45, 7) is 6.56. The van der Waals surface area contributed by atoms with Gasteiger partial charge in [0.25, 0.3) is 11.5 Å². The Labute approximate surface area is 204 Å². The van der Waals surface area contributed by atoms with Crippen LogP contribution in [0.5, 0.6) is 0 Å². The molecule has 5 nitrogen and oxygen atoms in total. The summed E-state index contributed by atoms with van der Waals surface area (Å²) in [4.78, 5) is 34.2. The van der Waals surface area contributed by atoms with Crippen molar-refractivity contribution >= 4 is 28.4 Å². The smallest absolute Gasteiger partial charge is 0.266 e. The molecular weight excluding hydrogens is 446 g/mol. The number of rotatable bonds is 7. The van der Waals surface area contributed by atoms with Crippen LogP contribution in [0, 0.1) is 6.92 Å². The van der Waals surface area contributed by atoms with Gasteiger partial charge in [0.2, 0.25) is 0 Å². The minimum absolute atomic E-state index is 0.149. The van der Waals surface area contributed by atoms with Gasteiger partial charge in [-0.25, -0.2) is 4.98 Å². The number of carbonyl (C=O) groups is 1. The number of hydrogen-bond donors (Lipinski definition) is 0. The van der Waals surface area contributed by atoms with Crippen LogP contribution in [-0.2, 0) is 0 Å². The summed E-state index contributed by atoms with van der Waals surface area (Å²) in [7, 11) is 0. The number of nitrogens with zero attached hydrogens (tertiary/aromatic N) is 3. The molecule has 1 atom stereocenters. The lowest BCUT2D eigenvalue weighted by Gasteiger charge is -2.32. The van der Waals surface area contributed by atoms with Gasteiger partial charge in [0.05, 0.1) is 33.2 Å². The van der Waals surface area contributed by atoms with Gasteiger partial charge in [-0.15, -0.1) is 0 Å². The van der Waals surface area contributed by atoms with Crippen LogP contribution in [0.15, 0.2) is 77.6 Å². The molecule has 1 amide bonds. The molecule has 1 unspecified atom stereocenters. The lowest BCUT2D eigenvalue weighted by Crippen LogP contribution is -2.39. The van der Waals surface area contributed by atoms with Gasteiger partial charge in [-0.3, -0.25) is 14.2 Å². The Hall–Kier alpha value is -3.44. The lowest BCUT2D eigenvalue weighted by molar-refractivity contribution is 0.0659. The maximum absolute atomic E-state index is 13.7. The van der Waals surface area contributed by atoms with Gasteiger partial charge in [0.15, 0.2) is 0 Å². The van der Waals surface area contributed by atoms with Crippen molar-refractivity contribution in [1.29, 1.82) is 0 Å². The lowest BCUT2D eigenvalue weighted by atomic mass is 10.1. The van der Waals surface area contributed by atoms with E-state index in [9.17, 15) is 9.59 Å². The van der Waals surface area contributed by atoms with Gasteiger partial charge in [0.1, 0.15) is 5.82 Å². The van der Waals surface area contributed by atoms with E-state index in [0.29, 0.717) is 40.3 Å². The van der Waals surface area contributed by atoms with E-state index in [1.54, 1.807) is 39.8 Å². The van der Waals surface area contributed by atoms with Crippen LogP contribution in [-0.4, -0.2) is 26.9 Å². The van der Waals surface area contributed by atoms with E-state index in [4.69, 9.17) is 16.6 Å². The second-order valence-corrected chi connectivity index (χ2v) is 8.77. The average molecular weight is 474 g/mol. The third-order valence-electron chi connectivity index (χ3n) is 5.98. The topological polar surface area (TPSA) is 55.2 Å². The number of carbonyl (C=O) groups excluding carboxylic acids is 1. The first-order valence-corrected chi connectivity index (χ1v) is 12.0. The summed E-state index contributed by atoms with van der Waals surface area (Å²) in [6.07, 6.45) is 1.35. The minimum Gasteiger partial charge on any atom is -0.328 e. The van der Waals surface area contributed by atoms with E-state index in [0.717, 1.165) is 17.7 Å². The fourth-order valence-electron chi connectivity index (χ4n) is 4.29. The molecule has 1 aromatic heterocycles. The van der Waals surface area contributed by atoms with E-state index >= 15 is 0 Å². The molecule has 0 fully saturated rings. The summed E-state index contributed by atoms with van der Waals surface area (Å²) < 4.78 is 1.65. The van der Waals surface area contributed by atoms with Gasteiger partial charge >= 0.3 is 0 Å². The largest absolute Gasteiger partial charge is 0.328 e. The molecule has 4 rings (SSSR count). The number of para-hydroxylation sites is 1. The molecule has 0 radical (unpaired) electrons. The van der Waals surface area contributed by atoms with Crippen LogP contribution in [0.2, 0.25) is 5.02 Å². The highest BCUT2D eigenvalue weighted by Gasteiger charge is 2.30. The highest BCUT2D eigenvalue weighted by molar-refractivity contribution is 6.33. The van der Waals surface area contributed by atoms with E-state index in [1.165, 1.54) is 0 Å². The van der Waals surface area contributed by atoms with E-state index < -0.39 is 6.04 Å². The van der Waals surface area contributed by atoms with Gasteiger partial charge < -0.3 is 4.90 Å². The monoisotopic (exact) mass is 473 g/mol. The molecule has 0 aliphatic carbocycles. The second-order valence-electron chi connectivity index (χ2n) is 8.37. The van der Waals surface area contributed by atoms with Crippen molar-refractivity contribution in [2.24, 2.45) is 0 Å². The quantitative estimate of drug-likeness (QED) is 0.314. The van der Waals surface area contributed by atoms with Crippen LogP contribution in [0.25, 0.3) is 16.6 Å². The molecule has 0 bridgehead atoms. The van der Waals surface area contributed by atoms with Gasteiger partial charge in [-0.1, -0.05) is 67.4 Å². The maximum Gasteiger partial charge on any atom is 0.266 e. The standard InChI is InChI=1S/C28H28ClN3O2/c1-4-18-31(27(33)21-10-6-8-12-23(21)29)25(5-2)26-30-24-13-9-7-11-22(24)28(34)32(26)20-16-14-19(3)15-17-20/h6-17,25H,4-5,18H2,1-3H3. The number of aromatic nitrogens is 2. The van der Waals surface area contributed by atoms with Gasteiger partial charge in [-0.05, 0) is 56.2 Å². The number of benzene rings is 3. The molecular formula is C28H28ClN3O2. The van der Waals surface area contributed by atoms with Crippen molar-refractivity contribution in [3.8, 4) is 5.69 Å². The van der Waals surface area contributed by atoms with Crippen LogP contribution >= 0.6 is 11.6 Å². The second kappa shape index (κ2) is 10.2. The molecule has 0 spiro atoms. The summed E-state index contributed by atoms with van der Waals surface area (Å²) in [6, 6.07) is 21.8. The van der Waals surface area contributed by atoms with Crippen LogP contribution < -0.4 is 5.56 Å². The maximum atomic E-state index is 13.7. The molecule has 0 aliphatic rings. The molecule has 0 N–H and O–H groups in total. The van der Waals surface area contributed by atoms with Crippen LogP contribution in [0.4, 0.5) is 0 Å². The summed E-state index contributed by atoms with van der Waals surface area (Å²) >= 11 is 6.38. The number of amides is 1. The van der Waals surface area contributed by atoms with Crippen LogP contribution in [0.3, 0.4) is 0 Å². The molecule has 34 heavy (non-hydrogen) atoms. The van der Waals surface area contributed by atoms with Crippen molar-refractivity contribution in [1.82, 2.24) is 14.5 Å². The zero-order chi connectivity index (χ0) is 24.2. The number of aryl methyl sites for hydroxylation is 1. The highest BCUT2D eigenvalue weighted by Crippen LogP contribution is 2.29. The third-order valence-corrected chi connectivity index (χ3v) is 6.31. The number of fused-ring (bicyclic) bond motifs is 1. The summed E-state index contributed by atoms with van der Waals surface area (Å²) in [5.74, 6) is 0.376. The molecule has 0 saturated heterocycles. The van der Waals surface area contributed by atoms with Crippen molar-refractivity contribution in [2.75, 3.05) is 6.54 Å². The van der Waals surface area contributed by atoms with Crippen molar-refractivity contribution < 1.29 is 4.79 Å². The molecule has 1 heterocycles. The highest BCUT2D eigenvalue weighted by atomic mass is 35.5. The predicted molar refractivity (Wildman–Crippen MR) is 138 cm³/mol. The molecule has 0 saturated carbocycles. The van der Waals surface area contributed by atoms with Crippen LogP contribution in [0.1, 0.15) is 54.5 Å². The Bertz CT molecular complexity index is 1380. The van der Waals surface area contributed by atoms with E-state index in [-0.39, 0.29) is 11.5 Å². The molecule has 6 heteroatoms. The predicted octanol–water partition coefficient (Wildman–Crippen LogP) is 6.35. The first-order valence-electron chi connectivity index (χ1n) is 11.6. The zero-order valence-electron chi connectivity index (χ0n) is 19.7. The Morgan fingerprint density at radius 2 is 1.68 bits per heavy atom. The molecule has 0 aliphatic heterocycles. The summed E-state index contributed by atoms with van der Waals surface area (Å²) in [5.41, 5.74) is 2.74. The SMILES string of the molecule is CCCN(C(=O)c1ccccc1Cl)C(CC)c1nc2ccccc2c(=O)n1-c1ccc(C)cc1. The minimum atomic E-state index is -0.415. The fourth-order valence-corrected chi connectivity index (χ4v) is 4.50. The Morgan fingerprint density at radius 1 is 1.00 bits per heavy atom. The molecule has 4 aromatic rings. The van der Waals surface area contributed by atoms with E-state index in [2.05, 4.69) is 0 Å². The van der Waals surface area contributed by atoms with Crippen molar-refractivity contribution in [3.05, 3.63) is 105 Å². The zero-order valence-corrected chi connectivity index (χ0v) is 20.4. The molecule has 174 valence electrons. The first-order chi connectivity index (χ1) is 16.5. The Balaban J connectivity index is 1.95. The molecule has 3 aromatic carbocycles. The van der Waals surface area contributed by atoms with Crippen molar-refractivity contribution in [3.63, 3.8) is 0 Å². The Kier molecular flexibility index (Phi) is 7.13. The third kappa shape index (κ3) is 4.48. The average Bonchev–Trinajstić information content (AvgIpc) is 2.85. The van der Waals surface area contributed by atoms with Crippen molar-refractivity contribution in [2.45, 2.75) is 39.7 Å². The van der Waals surface area contributed by atoms with E-state index in [1.807, 2.05) is 63.2 Å². The fraction of sp³-hybridized carbons (Fsp3) is 0.250. The van der Waals surface area contributed by atoms with Gasteiger partial charge in [0, 0.05) is 6.54 Å². The number of halogens is 1. The number of hydrogen-bond acceptors (Lipinski definition) is 3. The first kappa shape index (κ1) is 23.7.